The molecule has 1 heterocycles. The van der Waals surface area contributed by atoms with Gasteiger partial charge in [-0.15, -0.1) is 0 Å². The minimum atomic E-state index is 0.0772. The van der Waals surface area contributed by atoms with Gasteiger partial charge in [-0.2, -0.15) is 0 Å². The molecule has 1 amide bonds. The van der Waals surface area contributed by atoms with Gasteiger partial charge in [-0.3, -0.25) is 4.79 Å². The first-order valence-electron chi connectivity index (χ1n) is 7.83. The van der Waals surface area contributed by atoms with Crippen molar-refractivity contribution in [3.05, 3.63) is 42.0 Å². The number of carbonyl (C=O) groups is 1. The third-order valence-electron chi connectivity index (χ3n) is 4.19. The maximum atomic E-state index is 13.0. The highest BCUT2D eigenvalue weighted by Gasteiger charge is 2.24. The molecule has 1 fully saturated rings. The number of benzene rings is 2. The zero-order valence-electron chi connectivity index (χ0n) is 13.2. The summed E-state index contributed by atoms with van der Waals surface area (Å²) in [7, 11) is 2.09. The van der Waals surface area contributed by atoms with Gasteiger partial charge in [0.05, 0.1) is 12.2 Å². The van der Waals surface area contributed by atoms with E-state index in [1.54, 1.807) is 0 Å². The van der Waals surface area contributed by atoms with E-state index in [2.05, 4.69) is 11.9 Å². The minimum absolute atomic E-state index is 0.0772. The molecule has 0 radical (unpaired) electrons. The van der Waals surface area contributed by atoms with Gasteiger partial charge in [0.25, 0.3) is 5.91 Å². The van der Waals surface area contributed by atoms with Crippen LogP contribution in [0.3, 0.4) is 0 Å². The SMILES string of the molecule is CCOc1ccc2ccccc2c1C(=O)N1CCN(C)CC1. The topological polar surface area (TPSA) is 32.8 Å². The maximum absolute atomic E-state index is 13.0. The van der Waals surface area contributed by atoms with Crippen molar-refractivity contribution in [3.8, 4) is 5.75 Å². The molecular formula is C18H22N2O2. The van der Waals surface area contributed by atoms with E-state index >= 15 is 0 Å². The van der Waals surface area contributed by atoms with Crippen molar-refractivity contribution in [1.29, 1.82) is 0 Å². The number of ether oxygens (including phenoxy) is 1. The zero-order valence-corrected chi connectivity index (χ0v) is 13.2. The minimum Gasteiger partial charge on any atom is -0.493 e. The molecule has 22 heavy (non-hydrogen) atoms. The number of rotatable bonds is 3. The van der Waals surface area contributed by atoms with Crippen LogP contribution in [0, 0.1) is 0 Å². The van der Waals surface area contributed by atoms with Gasteiger partial charge in [0.2, 0.25) is 0 Å². The molecule has 1 aliphatic rings. The second kappa shape index (κ2) is 6.36. The largest absolute Gasteiger partial charge is 0.493 e. The Morgan fingerprint density at radius 1 is 1.09 bits per heavy atom. The standard InChI is InChI=1S/C18H22N2O2/c1-3-22-16-9-8-14-6-4-5-7-15(14)17(16)18(21)20-12-10-19(2)11-13-20/h4-9H,3,10-13H2,1-2H3. The van der Waals surface area contributed by atoms with Crippen molar-refractivity contribution in [2.45, 2.75) is 6.92 Å². The highest BCUT2D eigenvalue weighted by Crippen LogP contribution is 2.29. The monoisotopic (exact) mass is 298 g/mol. The van der Waals surface area contributed by atoms with Crippen LogP contribution in [0.4, 0.5) is 0 Å². The summed E-state index contributed by atoms with van der Waals surface area (Å²) in [6, 6.07) is 11.9. The van der Waals surface area contributed by atoms with Crippen LogP contribution in [0.25, 0.3) is 10.8 Å². The van der Waals surface area contributed by atoms with Gasteiger partial charge in [0, 0.05) is 26.2 Å². The van der Waals surface area contributed by atoms with Crippen LogP contribution < -0.4 is 4.74 Å². The van der Waals surface area contributed by atoms with Gasteiger partial charge in [0.1, 0.15) is 5.75 Å². The van der Waals surface area contributed by atoms with Crippen LogP contribution in [0.15, 0.2) is 36.4 Å². The van der Waals surface area contributed by atoms with E-state index in [1.165, 1.54) is 0 Å². The molecule has 0 aromatic heterocycles. The Labute approximate surface area is 131 Å². The number of hydrogen-bond donors (Lipinski definition) is 0. The molecule has 0 bridgehead atoms. The Morgan fingerprint density at radius 2 is 1.82 bits per heavy atom. The molecule has 4 nitrogen and oxygen atoms in total. The average Bonchev–Trinajstić information content (AvgIpc) is 2.55. The molecule has 1 saturated heterocycles. The van der Waals surface area contributed by atoms with Crippen LogP contribution in [0.1, 0.15) is 17.3 Å². The van der Waals surface area contributed by atoms with E-state index in [0.717, 1.165) is 37.0 Å². The Balaban J connectivity index is 2.03. The number of nitrogens with zero attached hydrogens (tertiary/aromatic N) is 2. The van der Waals surface area contributed by atoms with Crippen LogP contribution in [0.2, 0.25) is 0 Å². The molecule has 3 rings (SSSR count). The van der Waals surface area contributed by atoms with Gasteiger partial charge in [-0.25, -0.2) is 0 Å². The summed E-state index contributed by atoms with van der Waals surface area (Å²) < 4.78 is 5.72. The molecule has 0 aliphatic carbocycles. The van der Waals surface area contributed by atoms with Crippen LogP contribution in [-0.4, -0.2) is 55.5 Å². The Kier molecular flexibility index (Phi) is 4.29. The van der Waals surface area contributed by atoms with Crippen molar-refractivity contribution in [3.63, 3.8) is 0 Å². The van der Waals surface area contributed by atoms with E-state index in [9.17, 15) is 4.79 Å². The maximum Gasteiger partial charge on any atom is 0.258 e. The molecule has 0 atom stereocenters. The quantitative estimate of drug-likeness (QED) is 0.873. The third-order valence-corrected chi connectivity index (χ3v) is 4.19. The van der Waals surface area contributed by atoms with Gasteiger partial charge in [-0.05, 0) is 30.8 Å². The number of likely N-dealkylation sites (N-methyl/N-ethyl adjacent to an activating group) is 1. The first-order chi connectivity index (χ1) is 10.7. The van der Waals surface area contributed by atoms with Gasteiger partial charge < -0.3 is 14.5 Å². The van der Waals surface area contributed by atoms with Crippen molar-refractivity contribution in [1.82, 2.24) is 9.80 Å². The lowest BCUT2D eigenvalue weighted by atomic mass is 10.0. The lowest BCUT2D eigenvalue weighted by Gasteiger charge is -2.33. The fourth-order valence-corrected chi connectivity index (χ4v) is 2.92. The van der Waals surface area contributed by atoms with E-state index in [1.807, 2.05) is 48.2 Å². The first-order valence-corrected chi connectivity index (χ1v) is 7.83. The summed E-state index contributed by atoms with van der Waals surface area (Å²) in [5, 5.41) is 2.04. The number of hydrogen-bond acceptors (Lipinski definition) is 3. The second-order valence-electron chi connectivity index (χ2n) is 5.69. The molecule has 1 aliphatic heterocycles. The van der Waals surface area contributed by atoms with Crippen molar-refractivity contribution in [2.24, 2.45) is 0 Å². The number of amides is 1. The van der Waals surface area contributed by atoms with E-state index < -0.39 is 0 Å². The van der Waals surface area contributed by atoms with Crippen molar-refractivity contribution >= 4 is 16.7 Å². The number of piperazine rings is 1. The fraction of sp³-hybridized carbons (Fsp3) is 0.389. The second-order valence-corrected chi connectivity index (χ2v) is 5.69. The summed E-state index contributed by atoms with van der Waals surface area (Å²) >= 11 is 0. The third kappa shape index (κ3) is 2.79. The molecular weight excluding hydrogens is 276 g/mol. The lowest BCUT2D eigenvalue weighted by molar-refractivity contribution is 0.0662. The average molecular weight is 298 g/mol. The predicted octanol–water partition coefficient (Wildman–Crippen LogP) is 2.63. The van der Waals surface area contributed by atoms with E-state index in [-0.39, 0.29) is 5.91 Å². The highest BCUT2D eigenvalue weighted by molar-refractivity contribution is 6.09. The molecule has 0 spiro atoms. The van der Waals surface area contributed by atoms with Crippen LogP contribution >= 0.6 is 0 Å². The zero-order chi connectivity index (χ0) is 15.5. The molecule has 0 N–H and O–H groups in total. The van der Waals surface area contributed by atoms with Crippen LogP contribution in [-0.2, 0) is 0 Å². The van der Waals surface area contributed by atoms with Gasteiger partial charge in [-0.1, -0.05) is 30.3 Å². The van der Waals surface area contributed by atoms with Crippen molar-refractivity contribution in [2.75, 3.05) is 39.8 Å². The Hall–Kier alpha value is -2.07. The summed E-state index contributed by atoms with van der Waals surface area (Å²) in [5.74, 6) is 0.762. The first kappa shape index (κ1) is 14.9. The Morgan fingerprint density at radius 3 is 2.55 bits per heavy atom. The lowest BCUT2D eigenvalue weighted by Crippen LogP contribution is -2.47. The molecule has 2 aromatic carbocycles. The van der Waals surface area contributed by atoms with Gasteiger partial charge >= 0.3 is 0 Å². The Bertz CT molecular complexity index is 676. The predicted molar refractivity (Wildman–Crippen MR) is 88.5 cm³/mol. The molecule has 0 unspecified atom stereocenters. The van der Waals surface area contributed by atoms with E-state index in [4.69, 9.17) is 4.74 Å². The van der Waals surface area contributed by atoms with Crippen molar-refractivity contribution < 1.29 is 9.53 Å². The normalized spacial score (nSPS) is 16.0. The smallest absolute Gasteiger partial charge is 0.258 e. The fourth-order valence-electron chi connectivity index (χ4n) is 2.92. The molecule has 2 aromatic rings. The summed E-state index contributed by atoms with van der Waals surface area (Å²) in [6.07, 6.45) is 0. The molecule has 0 saturated carbocycles. The van der Waals surface area contributed by atoms with E-state index in [0.29, 0.717) is 17.9 Å². The highest BCUT2D eigenvalue weighted by atomic mass is 16.5. The molecule has 4 heteroatoms. The number of carbonyl (C=O) groups excluding carboxylic acids is 1. The summed E-state index contributed by atoms with van der Waals surface area (Å²) in [6.45, 7) is 5.87. The van der Waals surface area contributed by atoms with Gasteiger partial charge in [0.15, 0.2) is 0 Å². The summed E-state index contributed by atoms with van der Waals surface area (Å²) in [4.78, 5) is 17.2. The number of fused-ring (bicyclic) bond motifs is 1. The summed E-state index contributed by atoms with van der Waals surface area (Å²) in [5.41, 5.74) is 0.699. The molecule has 116 valence electrons. The van der Waals surface area contributed by atoms with Crippen LogP contribution in [0.5, 0.6) is 5.75 Å².